The Kier molecular flexibility index (Phi) is 36.9. The maximum atomic E-state index is 12.5. The SMILES string of the molecule is CCCCCCCCCCCCC/C=C\CCC(=O)OC(COCCCCCCCCCCCCCCCC)COP(=O)(O)OCCN. The molecule has 8 nitrogen and oxygen atoms in total. The molecule has 9 heteroatoms. The molecule has 0 aliphatic rings. The monoisotopic (exact) mass is 704 g/mol. The van der Waals surface area contributed by atoms with Crippen molar-refractivity contribution in [3.05, 3.63) is 12.2 Å². The van der Waals surface area contributed by atoms with E-state index in [0.29, 0.717) is 13.0 Å². The third-order valence-electron chi connectivity index (χ3n) is 8.70. The number of rotatable bonds is 39. The average Bonchev–Trinajstić information content (AvgIpc) is 3.07. The highest BCUT2D eigenvalue weighted by Crippen LogP contribution is 2.43. The molecule has 0 aromatic heterocycles. The number of esters is 1. The van der Waals surface area contributed by atoms with Crippen LogP contribution in [0.4, 0.5) is 0 Å². The summed E-state index contributed by atoms with van der Waals surface area (Å²) < 4.78 is 33.3. The Labute approximate surface area is 296 Å². The molecular formula is C39H78NO7P. The Morgan fingerprint density at radius 2 is 1.04 bits per heavy atom. The minimum Gasteiger partial charge on any atom is -0.457 e. The molecule has 2 atom stereocenters. The fourth-order valence-corrected chi connectivity index (χ4v) is 6.49. The standard InChI is InChI=1S/C39H78NO7P/c1-3-5-7-9-11-13-15-17-19-20-22-24-26-28-30-32-39(41)47-38(37-46-48(42,43)45-35-33-40)36-44-34-31-29-27-25-23-21-18-16-14-12-10-8-6-4-2/h26,28,38H,3-25,27,29-37,40H2,1-2H3,(H,42,43)/b28-26-. The number of phosphoric ester groups is 1. The van der Waals surface area contributed by atoms with Crippen molar-refractivity contribution in [3.63, 3.8) is 0 Å². The van der Waals surface area contributed by atoms with Gasteiger partial charge in [0.05, 0.1) is 19.8 Å². The zero-order valence-electron chi connectivity index (χ0n) is 31.5. The van der Waals surface area contributed by atoms with Crippen LogP contribution in [0.3, 0.4) is 0 Å². The second kappa shape index (κ2) is 37.5. The van der Waals surface area contributed by atoms with Crippen molar-refractivity contribution in [1.82, 2.24) is 0 Å². The van der Waals surface area contributed by atoms with Crippen LogP contribution in [-0.4, -0.2) is 49.9 Å². The Balaban J connectivity index is 4.08. The zero-order valence-corrected chi connectivity index (χ0v) is 32.4. The summed E-state index contributed by atoms with van der Waals surface area (Å²) in [5.74, 6) is -0.376. The van der Waals surface area contributed by atoms with Gasteiger partial charge in [-0.3, -0.25) is 13.8 Å². The highest BCUT2D eigenvalue weighted by molar-refractivity contribution is 7.47. The van der Waals surface area contributed by atoms with Crippen LogP contribution < -0.4 is 5.73 Å². The van der Waals surface area contributed by atoms with Gasteiger partial charge in [-0.25, -0.2) is 4.57 Å². The molecule has 0 radical (unpaired) electrons. The molecule has 0 fully saturated rings. The lowest BCUT2D eigenvalue weighted by atomic mass is 10.0. The maximum absolute atomic E-state index is 12.5. The van der Waals surface area contributed by atoms with Crippen LogP contribution in [-0.2, 0) is 27.9 Å². The van der Waals surface area contributed by atoms with Crippen LogP contribution in [0.15, 0.2) is 12.2 Å². The van der Waals surface area contributed by atoms with Gasteiger partial charge in [0.1, 0.15) is 6.10 Å². The molecule has 0 saturated carbocycles. The predicted molar refractivity (Wildman–Crippen MR) is 201 cm³/mol. The molecule has 3 N–H and O–H groups in total. The van der Waals surface area contributed by atoms with E-state index in [9.17, 15) is 14.3 Å². The molecule has 0 aromatic rings. The minimum absolute atomic E-state index is 0.0978. The van der Waals surface area contributed by atoms with Gasteiger partial charge in [-0.05, 0) is 25.7 Å². The van der Waals surface area contributed by atoms with Crippen molar-refractivity contribution in [2.24, 2.45) is 5.73 Å². The van der Waals surface area contributed by atoms with E-state index in [2.05, 4.69) is 19.9 Å². The Morgan fingerprint density at radius 1 is 0.604 bits per heavy atom. The molecule has 286 valence electrons. The molecule has 0 saturated heterocycles. The van der Waals surface area contributed by atoms with Gasteiger partial charge in [0.2, 0.25) is 0 Å². The first-order valence-corrected chi connectivity index (χ1v) is 21.7. The number of hydrogen-bond donors (Lipinski definition) is 2. The predicted octanol–water partition coefficient (Wildman–Crippen LogP) is 11.5. The Bertz CT molecular complexity index is 752. The van der Waals surface area contributed by atoms with Gasteiger partial charge in [0.25, 0.3) is 0 Å². The van der Waals surface area contributed by atoms with Crippen molar-refractivity contribution >= 4 is 13.8 Å². The third-order valence-corrected chi connectivity index (χ3v) is 9.68. The summed E-state index contributed by atoms with van der Waals surface area (Å²) in [5, 5.41) is 0. The van der Waals surface area contributed by atoms with Crippen LogP contribution in [0.2, 0.25) is 0 Å². The van der Waals surface area contributed by atoms with E-state index in [1.807, 2.05) is 6.08 Å². The van der Waals surface area contributed by atoms with E-state index < -0.39 is 13.9 Å². The van der Waals surface area contributed by atoms with Gasteiger partial charge in [-0.15, -0.1) is 0 Å². The van der Waals surface area contributed by atoms with Crippen molar-refractivity contribution in [2.75, 3.05) is 33.0 Å². The number of nitrogens with two attached hydrogens (primary N) is 1. The van der Waals surface area contributed by atoms with Crippen LogP contribution >= 0.6 is 7.82 Å². The van der Waals surface area contributed by atoms with Gasteiger partial charge in [0.15, 0.2) is 0 Å². The summed E-state index contributed by atoms with van der Waals surface area (Å²) in [7, 11) is -4.27. The number of allylic oxidation sites excluding steroid dienone is 2. The topological polar surface area (TPSA) is 117 Å². The van der Waals surface area contributed by atoms with Crippen LogP contribution in [0.5, 0.6) is 0 Å². The highest BCUT2D eigenvalue weighted by Gasteiger charge is 2.25. The second-order valence-electron chi connectivity index (χ2n) is 13.5. The number of ether oxygens (including phenoxy) is 2. The van der Waals surface area contributed by atoms with Crippen molar-refractivity contribution in [2.45, 2.75) is 200 Å². The highest BCUT2D eigenvalue weighted by atomic mass is 31.2. The van der Waals surface area contributed by atoms with E-state index in [1.165, 1.54) is 148 Å². The quantitative estimate of drug-likeness (QED) is 0.0281. The van der Waals surface area contributed by atoms with E-state index >= 15 is 0 Å². The van der Waals surface area contributed by atoms with Crippen molar-refractivity contribution in [1.29, 1.82) is 0 Å². The summed E-state index contributed by atoms with van der Waals surface area (Å²) >= 11 is 0. The van der Waals surface area contributed by atoms with Crippen molar-refractivity contribution in [3.8, 4) is 0 Å². The minimum atomic E-state index is -4.27. The molecule has 0 rings (SSSR count). The average molecular weight is 704 g/mol. The molecule has 0 amide bonds. The first-order valence-electron chi connectivity index (χ1n) is 20.2. The number of phosphoric acid groups is 1. The number of hydrogen-bond acceptors (Lipinski definition) is 7. The first-order chi connectivity index (χ1) is 23.4. The lowest BCUT2D eigenvalue weighted by Crippen LogP contribution is -2.28. The van der Waals surface area contributed by atoms with E-state index in [-0.39, 0.29) is 38.8 Å². The zero-order chi connectivity index (χ0) is 35.2. The fourth-order valence-electron chi connectivity index (χ4n) is 5.72. The third kappa shape index (κ3) is 36.5. The van der Waals surface area contributed by atoms with Crippen LogP contribution in [0.25, 0.3) is 0 Å². The smallest absolute Gasteiger partial charge is 0.457 e. The first kappa shape index (κ1) is 47.2. The van der Waals surface area contributed by atoms with Crippen molar-refractivity contribution < 1.29 is 32.8 Å². The molecule has 48 heavy (non-hydrogen) atoms. The Hall–Kier alpha value is -0.760. The summed E-state index contributed by atoms with van der Waals surface area (Å²) in [6.07, 6.45) is 38.0. The molecule has 0 bridgehead atoms. The molecule has 0 aliphatic carbocycles. The van der Waals surface area contributed by atoms with Gasteiger partial charge >= 0.3 is 13.8 Å². The molecule has 2 unspecified atom stereocenters. The lowest BCUT2D eigenvalue weighted by Gasteiger charge is -2.20. The fraction of sp³-hybridized carbons (Fsp3) is 0.923. The molecular weight excluding hydrogens is 625 g/mol. The summed E-state index contributed by atoms with van der Waals surface area (Å²) in [4.78, 5) is 22.4. The van der Waals surface area contributed by atoms with E-state index in [4.69, 9.17) is 24.3 Å². The molecule has 0 spiro atoms. The van der Waals surface area contributed by atoms with Crippen LogP contribution in [0.1, 0.15) is 194 Å². The Morgan fingerprint density at radius 3 is 1.52 bits per heavy atom. The lowest BCUT2D eigenvalue weighted by molar-refractivity contribution is -0.154. The van der Waals surface area contributed by atoms with Crippen LogP contribution in [0, 0.1) is 0 Å². The summed E-state index contributed by atoms with van der Waals surface area (Å²) in [5.41, 5.74) is 5.35. The number of carbonyl (C=O) groups excluding carboxylic acids is 1. The normalized spacial score (nSPS) is 13.7. The van der Waals surface area contributed by atoms with E-state index in [1.54, 1.807) is 0 Å². The molecule has 0 aliphatic heterocycles. The van der Waals surface area contributed by atoms with Gasteiger partial charge in [0, 0.05) is 19.6 Å². The molecule has 0 heterocycles. The van der Waals surface area contributed by atoms with Gasteiger partial charge < -0.3 is 20.1 Å². The number of carbonyl (C=O) groups is 1. The number of unbranched alkanes of at least 4 members (excludes halogenated alkanes) is 24. The maximum Gasteiger partial charge on any atom is 0.472 e. The van der Waals surface area contributed by atoms with Gasteiger partial charge in [-0.2, -0.15) is 0 Å². The molecule has 0 aromatic carbocycles. The van der Waals surface area contributed by atoms with Gasteiger partial charge in [-0.1, -0.05) is 174 Å². The van der Waals surface area contributed by atoms with E-state index in [0.717, 1.165) is 19.3 Å². The summed E-state index contributed by atoms with van der Waals surface area (Å²) in [6.45, 7) is 4.90. The second-order valence-corrected chi connectivity index (χ2v) is 15.0. The summed E-state index contributed by atoms with van der Waals surface area (Å²) in [6, 6.07) is 0. The largest absolute Gasteiger partial charge is 0.472 e.